The number of nitrogens with zero attached hydrogens (tertiary/aromatic N) is 3. The largest absolute Gasteiger partial charge is 0.383 e. The van der Waals surface area contributed by atoms with Crippen molar-refractivity contribution in [3.63, 3.8) is 0 Å². The smallest absolute Gasteiger partial charge is 0.249 e. The van der Waals surface area contributed by atoms with Crippen molar-refractivity contribution in [3.05, 3.63) is 29.3 Å². The molecule has 0 aromatic heterocycles. The summed E-state index contributed by atoms with van der Waals surface area (Å²) in [6.45, 7) is 5.42. The van der Waals surface area contributed by atoms with Gasteiger partial charge in [-0.05, 0) is 42.5 Å². The number of fused-ring (bicyclic) bond motifs is 1. The number of amides is 2. The first-order valence-corrected chi connectivity index (χ1v) is 13.8. The van der Waals surface area contributed by atoms with Gasteiger partial charge in [0.05, 0.1) is 19.1 Å². The van der Waals surface area contributed by atoms with Crippen molar-refractivity contribution in [2.24, 2.45) is 11.7 Å². The molecule has 38 heavy (non-hydrogen) atoms. The maximum Gasteiger partial charge on any atom is 0.249 e. The molecule has 3 saturated heterocycles. The molecule has 3 heterocycles. The topological polar surface area (TPSA) is 115 Å². The van der Waals surface area contributed by atoms with Crippen LogP contribution in [0.4, 0.5) is 5.69 Å². The van der Waals surface area contributed by atoms with Crippen molar-refractivity contribution in [3.8, 4) is 0 Å². The maximum atomic E-state index is 14.4. The van der Waals surface area contributed by atoms with E-state index in [-0.39, 0.29) is 30.3 Å². The number of methoxy groups -OCH3 is 2. The number of hydrogen-bond donors (Lipinski definition) is 1. The number of Topliss-reactive ketones (excluding diaryl/α,β-unsaturated/α-hetero) is 1. The Hall–Kier alpha value is -2.53. The molecule has 0 spiro atoms. The first-order valence-electron chi connectivity index (χ1n) is 13.8. The number of primary amides is 1. The van der Waals surface area contributed by atoms with Gasteiger partial charge in [0.1, 0.15) is 24.9 Å². The number of nitrogens with two attached hydrogens (primary N) is 1. The van der Waals surface area contributed by atoms with Gasteiger partial charge in [-0.15, -0.1) is 0 Å². The molecule has 3 aliphatic heterocycles. The fourth-order valence-corrected chi connectivity index (χ4v) is 6.78. The summed E-state index contributed by atoms with van der Waals surface area (Å²) < 4.78 is 16.5. The lowest BCUT2D eigenvalue weighted by Crippen LogP contribution is -2.47. The molecular weight excluding hydrogens is 488 g/mol. The van der Waals surface area contributed by atoms with Crippen LogP contribution >= 0.6 is 0 Å². The molecule has 1 aromatic rings. The average Bonchev–Trinajstić information content (AvgIpc) is 3.67. The van der Waals surface area contributed by atoms with Crippen molar-refractivity contribution in [1.82, 2.24) is 9.80 Å². The summed E-state index contributed by atoms with van der Waals surface area (Å²) in [6.07, 6.45) is 3.08. The van der Waals surface area contributed by atoms with Crippen molar-refractivity contribution < 1.29 is 28.6 Å². The molecule has 5 rings (SSSR count). The summed E-state index contributed by atoms with van der Waals surface area (Å²) in [5.74, 6) is -1.23. The third-order valence-corrected chi connectivity index (χ3v) is 8.85. The number of ether oxygens (including phenoxy) is 3. The van der Waals surface area contributed by atoms with E-state index in [0.29, 0.717) is 24.3 Å². The van der Waals surface area contributed by atoms with Gasteiger partial charge in [0.25, 0.3) is 0 Å². The summed E-state index contributed by atoms with van der Waals surface area (Å²) in [7, 11) is 3.30. The van der Waals surface area contributed by atoms with Crippen LogP contribution in [0.25, 0.3) is 0 Å². The molecule has 2 N–H and O–H groups in total. The molecule has 208 valence electrons. The van der Waals surface area contributed by atoms with E-state index in [1.165, 1.54) is 0 Å². The predicted molar refractivity (Wildman–Crippen MR) is 141 cm³/mol. The summed E-state index contributed by atoms with van der Waals surface area (Å²) in [5.41, 5.74) is 7.91. The SMILES string of the molecule is COCCN1CCN(c2ccc(C(N)=O)c([C@@H](C(=O)N3C[C@@H](OC)[C@H]4OCC(=O)[C@H]43)C3CCCC3)c2)CC1. The minimum atomic E-state index is -0.642. The van der Waals surface area contributed by atoms with Crippen LogP contribution in [0.3, 0.4) is 0 Å². The van der Waals surface area contributed by atoms with E-state index < -0.39 is 24.0 Å². The van der Waals surface area contributed by atoms with Crippen LogP contribution in [-0.4, -0.2) is 112 Å². The number of likely N-dealkylation sites (tertiary alicyclic amines) is 1. The van der Waals surface area contributed by atoms with Crippen LogP contribution in [0.2, 0.25) is 0 Å². The maximum absolute atomic E-state index is 14.4. The molecule has 2 amide bonds. The molecule has 4 fully saturated rings. The second-order valence-corrected chi connectivity index (χ2v) is 10.9. The Kier molecular flexibility index (Phi) is 8.32. The molecule has 0 unspecified atom stereocenters. The molecule has 4 aliphatic rings. The quantitative estimate of drug-likeness (QED) is 0.505. The van der Waals surface area contributed by atoms with E-state index in [0.717, 1.165) is 64.1 Å². The van der Waals surface area contributed by atoms with Gasteiger partial charge in [-0.1, -0.05) is 12.8 Å². The highest BCUT2D eigenvalue weighted by Crippen LogP contribution is 2.43. The zero-order valence-electron chi connectivity index (χ0n) is 22.5. The summed E-state index contributed by atoms with van der Waals surface area (Å²) >= 11 is 0. The van der Waals surface area contributed by atoms with Crippen molar-refractivity contribution >= 4 is 23.3 Å². The molecule has 4 atom stereocenters. The van der Waals surface area contributed by atoms with Crippen LogP contribution in [-0.2, 0) is 23.8 Å². The second-order valence-electron chi connectivity index (χ2n) is 10.9. The van der Waals surface area contributed by atoms with Gasteiger partial charge in [-0.25, -0.2) is 0 Å². The molecule has 0 radical (unpaired) electrons. The van der Waals surface area contributed by atoms with E-state index in [4.69, 9.17) is 19.9 Å². The van der Waals surface area contributed by atoms with Crippen LogP contribution in [0.15, 0.2) is 18.2 Å². The van der Waals surface area contributed by atoms with Gasteiger partial charge >= 0.3 is 0 Å². The lowest BCUT2D eigenvalue weighted by Gasteiger charge is -2.37. The van der Waals surface area contributed by atoms with Gasteiger partial charge in [0.2, 0.25) is 11.8 Å². The van der Waals surface area contributed by atoms with Gasteiger partial charge in [0, 0.05) is 58.2 Å². The minimum absolute atomic E-state index is 0.00848. The lowest BCUT2D eigenvalue weighted by molar-refractivity contribution is -0.139. The first-order chi connectivity index (χ1) is 18.4. The Morgan fingerprint density at radius 2 is 1.87 bits per heavy atom. The van der Waals surface area contributed by atoms with E-state index in [1.807, 2.05) is 12.1 Å². The van der Waals surface area contributed by atoms with Crippen LogP contribution in [0.5, 0.6) is 0 Å². The highest BCUT2D eigenvalue weighted by molar-refractivity contribution is 5.99. The highest BCUT2D eigenvalue weighted by atomic mass is 16.5. The van der Waals surface area contributed by atoms with Gasteiger partial charge in [-0.2, -0.15) is 0 Å². The van der Waals surface area contributed by atoms with E-state index in [1.54, 1.807) is 25.2 Å². The fourth-order valence-electron chi connectivity index (χ4n) is 6.78. The Labute approximate surface area is 224 Å². The number of ketones is 1. The monoisotopic (exact) mass is 528 g/mol. The summed E-state index contributed by atoms with van der Waals surface area (Å²) in [6, 6.07) is 5.07. The predicted octanol–water partition coefficient (Wildman–Crippen LogP) is 1.02. The van der Waals surface area contributed by atoms with E-state index >= 15 is 0 Å². The van der Waals surface area contributed by atoms with Gasteiger partial charge in [0.15, 0.2) is 5.78 Å². The Morgan fingerprint density at radius 1 is 1.13 bits per heavy atom. The minimum Gasteiger partial charge on any atom is -0.383 e. The highest BCUT2D eigenvalue weighted by Gasteiger charge is 2.54. The summed E-state index contributed by atoms with van der Waals surface area (Å²) in [4.78, 5) is 46.1. The zero-order valence-corrected chi connectivity index (χ0v) is 22.5. The number of anilines is 1. The zero-order chi connectivity index (χ0) is 26.8. The number of piperazine rings is 1. The molecule has 1 aliphatic carbocycles. The van der Waals surface area contributed by atoms with E-state index in [2.05, 4.69) is 9.80 Å². The summed E-state index contributed by atoms with van der Waals surface area (Å²) in [5, 5.41) is 0. The second kappa shape index (κ2) is 11.7. The number of hydrogen-bond acceptors (Lipinski definition) is 8. The normalized spacial score (nSPS) is 27.2. The van der Waals surface area contributed by atoms with Crippen LogP contribution < -0.4 is 10.6 Å². The van der Waals surface area contributed by atoms with Crippen molar-refractivity contribution in [1.29, 1.82) is 0 Å². The Morgan fingerprint density at radius 3 is 2.53 bits per heavy atom. The standard InChI is InChI=1S/C28H40N4O6/c1-36-14-13-30-9-11-31(12-10-30)19-7-8-20(27(29)34)21(15-19)24(18-5-3-4-6-18)28(35)32-16-23(37-2)26-25(32)22(33)17-38-26/h7-8,15,18,23-26H,3-6,9-14,16-17H2,1-2H3,(H2,29,34)/t23-,24+,25-,26-/m1/s1. The third-order valence-electron chi connectivity index (χ3n) is 8.85. The van der Waals surface area contributed by atoms with Crippen LogP contribution in [0, 0.1) is 5.92 Å². The molecule has 0 bridgehead atoms. The van der Waals surface area contributed by atoms with Crippen molar-refractivity contribution in [2.75, 3.05) is 71.6 Å². The fraction of sp³-hybridized carbons (Fsp3) is 0.679. The number of benzene rings is 1. The third kappa shape index (κ3) is 5.19. The number of rotatable bonds is 9. The number of carbonyl (C=O) groups excluding carboxylic acids is 3. The number of carbonyl (C=O) groups is 3. The molecule has 10 nitrogen and oxygen atoms in total. The average molecular weight is 529 g/mol. The van der Waals surface area contributed by atoms with Gasteiger partial charge in [-0.3, -0.25) is 19.3 Å². The lowest BCUT2D eigenvalue weighted by atomic mass is 9.80. The Balaban J connectivity index is 1.46. The molecule has 10 heteroatoms. The van der Waals surface area contributed by atoms with Crippen molar-refractivity contribution in [2.45, 2.75) is 49.9 Å². The van der Waals surface area contributed by atoms with E-state index in [9.17, 15) is 14.4 Å². The molecular formula is C28H40N4O6. The Bertz CT molecular complexity index is 1040. The first kappa shape index (κ1) is 27.1. The molecule has 1 aromatic carbocycles. The molecule has 1 saturated carbocycles. The van der Waals surface area contributed by atoms with Gasteiger partial charge < -0.3 is 29.7 Å². The van der Waals surface area contributed by atoms with Crippen LogP contribution in [0.1, 0.15) is 47.5 Å².